The summed E-state index contributed by atoms with van der Waals surface area (Å²) < 4.78 is 0. The van der Waals surface area contributed by atoms with Gasteiger partial charge in [0.2, 0.25) is 5.95 Å². The number of aryl methyl sites for hydroxylation is 1. The molecule has 3 aromatic rings. The number of Topliss-reactive ketones (excluding diaryl/α,β-unsaturated/α-hetero) is 1. The van der Waals surface area contributed by atoms with Crippen molar-refractivity contribution < 1.29 is 4.79 Å². The lowest BCUT2D eigenvalue weighted by atomic mass is 9.87. The summed E-state index contributed by atoms with van der Waals surface area (Å²) in [6.07, 6.45) is 2.21. The summed E-state index contributed by atoms with van der Waals surface area (Å²) in [5.41, 5.74) is 4.51. The maximum atomic E-state index is 12.8. The van der Waals surface area contributed by atoms with Gasteiger partial charge >= 0.3 is 0 Å². The first-order chi connectivity index (χ1) is 13.6. The summed E-state index contributed by atoms with van der Waals surface area (Å²) in [5, 5.41) is 6.68. The van der Waals surface area contributed by atoms with Gasteiger partial charge in [0.25, 0.3) is 0 Å². The van der Waals surface area contributed by atoms with E-state index >= 15 is 0 Å². The van der Waals surface area contributed by atoms with E-state index in [-0.39, 0.29) is 11.7 Å². The summed E-state index contributed by atoms with van der Waals surface area (Å²) in [4.78, 5) is 22.1. The minimum atomic E-state index is 0.108. The maximum absolute atomic E-state index is 12.8. The minimum Gasteiger partial charge on any atom is -0.339 e. The zero-order chi connectivity index (χ0) is 19.5. The highest BCUT2D eigenvalue weighted by molar-refractivity contribution is 6.03. The molecule has 0 bridgehead atoms. The standard InChI is InChI=1S/C23H24N4O/c1-3-16-9-7-8-12-18(16)25-22-21-19(13-15(2)14-20(21)28)26-23(27-22)24-17-10-5-4-6-11-17/h4-12,15H,3,13-14H2,1-2H3,(H2,24,25,26,27). The Kier molecular flexibility index (Phi) is 5.06. The van der Waals surface area contributed by atoms with Crippen LogP contribution >= 0.6 is 0 Å². The van der Waals surface area contributed by atoms with Crippen LogP contribution in [0.4, 0.5) is 23.1 Å². The molecule has 1 heterocycles. The SMILES string of the molecule is CCc1ccccc1Nc1nc(Nc2ccccc2)nc2c1C(=O)CC(C)C2. The van der Waals surface area contributed by atoms with Gasteiger partial charge in [-0.3, -0.25) is 4.79 Å². The van der Waals surface area contributed by atoms with Gasteiger partial charge in [-0.05, 0) is 42.5 Å². The second kappa shape index (κ2) is 7.80. The lowest BCUT2D eigenvalue weighted by Crippen LogP contribution is -2.22. The third-order valence-corrected chi connectivity index (χ3v) is 5.02. The van der Waals surface area contributed by atoms with Crippen molar-refractivity contribution in [2.75, 3.05) is 10.6 Å². The van der Waals surface area contributed by atoms with Gasteiger partial charge < -0.3 is 10.6 Å². The minimum absolute atomic E-state index is 0.108. The van der Waals surface area contributed by atoms with Crippen LogP contribution in [0.15, 0.2) is 54.6 Å². The van der Waals surface area contributed by atoms with E-state index in [1.807, 2.05) is 48.5 Å². The molecule has 28 heavy (non-hydrogen) atoms. The number of aromatic nitrogens is 2. The highest BCUT2D eigenvalue weighted by Gasteiger charge is 2.28. The smallest absolute Gasteiger partial charge is 0.229 e. The van der Waals surface area contributed by atoms with Gasteiger partial charge in [-0.2, -0.15) is 4.98 Å². The molecule has 0 amide bonds. The molecule has 1 aliphatic carbocycles. The fourth-order valence-corrected chi connectivity index (χ4v) is 3.64. The van der Waals surface area contributed by atoms with Gasteiger partial charge in [0, 0.05) is 17.8 Å². The molecule has 4 rings (SSSR count). The van der Waals surface area contributed by atoms with Crippen molar-refractivity contribution in [3.63, 3.8) is 0 Å². The van der Waals surface area contributed by atoms with Gasteiger partial charge in [-0.25, -0.2) is 4.98 Å². The Morgan fingerprint density at radius 2 is 1.71 bits per heavy atom. The normalized spacial score (nSPS) is 15.8. The van der Waals surface area contributed by atoms with Crippen LogP contribution in [0.5, 0.6) is 0 Å². The average molecular weight is 372 g/mol. The zero-order valence-electron chi connectivity index (χ0n) is 16.2. The van der Waals surface area contributed by atoms with Crippen molar-refractivity contribution in [1.82, 2.24) is 9.97 Å². The molecule has 0 radical (unpaired) electrons. The molecule has 0 aliphatic heterocycles. The molecule has 142 valence electrons. The number of nitrogens with one attached hydrogen (secondary N) is 2. The van der Waals surface area contributed by atoms with E-state index in [1.165, 1.54) is 5.56 Å². The molecule has 2 N–H and O–H groups in total. The number of ketones is 1. The van der Waals surface area contributed by atoms with E-state index in [1.54, 1.807) is 0 Å². The van der Waals surface area contributed by atoms with Crippen molar-refractivity contribution >= 4 is 28.9 Å². The maximum Gasteiger partial charge on any atom is 0.229 e. The Balaban J connectivity index is 1.77. The number of carbonyl (C=O) groups excluding carboxylic acids is 1. The molecule has 5 heteroatoms. The fraction of sp³-hybridized carbons (Fsp3) is 0.261. The molecule has 1 unspecified atom stereocenters. The van der Waals surface area contributed by atoms with Crippen LogP contribution in [0.2, 0.25) is 0 Å². The molecule has 0 saturated heterocycles. The molecule has 1 atom stereocenters. The number of hydrogen-bond acceptors (Lipinski definition) is 5. The van der Waals surface area contributed by atoms with E-state index in [2.05, 4.69) is 40.5 Å². The molecule has 0 saturated carbocycles. The number of anilines is 4. The molecule has 5 nitrogen and oxygen atoms in total. The van der Waals surface area contributed by atoms with Crippen LogP contribution in [-0.2, 0) is 12.8 Å². The molecule has 0 spiro atoms. The lowest BCUT2D eigenvalue weighted by Gasteiger charge is -2.23. The Labute approximate surface area is 165 Å². The molecular weight excluding hydrogens is 348 g/mol. The molecule has 1 aromatic heterocycles. The van der Waals surface area contributed by atoms with E-state index in [0.29, 0.717) is 23.8 Å². The number of para-hydroxylation sites is 2. The Morgan fingerprint density at radius 3 is 2.50 bits per heavy atom. The second-order valence-corrected chi connectivity index (χ2v) is 7.28. The third-order valence-electron chi connectivity index (χ3n) is 5.02. The van der Waals surface area contributed by atoms with Gasteiger partial charge in [0.05, 0.1) is 11.3 Å². The fourth-order valence-electron chi connectivity index (χ4n) is 3.64. The summed E-state index contributed by atoms with van der Waals surface area (Å²) >= 11 is 0. The number of nitrogens with zero attached hydrogens (tertiary/aromatic N) is 2. The Morgan fingerprint density at radius 1 is 0.964 bits per heavy atom. The summed E-state index contributed by atoms with van der Waals surface area (Å²) in [5.74, 6) is 1.48. The second-order valence-electron chi connectivity index (χ2n) is 7.28. The quantitative estimate of drug-likeness (QED) is 0.637. The van der Waals surface area contributed by atoms with E-state index < -0.39 is 0 Å². The molecule has 2 aromatic carbocycles. The van der Waals surface area contributed by atoms with Crippen molar-refractivity contribution in [1.29, 1.82) is 0 Å². The van der Waals surface area contributed by atoms with Crippen LogP contribution < -0.4 is 10.6 Å². The molecule has 0 fully saturated rings. The Hall–Kier alpha value is -3.21. The Bertz CT molecular complexity index is 1000. The van der Waals surface area contributed by atoms with Gasteiger partial charge in [0.1, 0.15) is 5.82 Å². The predicted molar refractivity (Wildman–Crippen MR) is 113 cm³/mol. The first-order valence-electron chi connectivity index (χ1n) is 9.75. The summed E-state index contributed by atoms with van der Waals surface area (Å²) in [7, 11) is 0. The van der Waals surface area contributed by atoms with Gasteiger partial charge in [-0.15, -0.1) is 0 Å². The lowest BCUT2D eigenvalue weighted by molar-refractivity contribution is 0.0953. The number of hydrogen-bond donors (Lipinski definition) is 2. The van der Waals surface area contributed by atoms with Gasteiger partial charge in [-0.1, -0.05) is 50.2 Å². The highest BCUT2D eigenvalue weighted by Crippen LogP contribution is 2.32. The topological polar surface area (TPSA) is 66.9 Å². The van der Waals surface area contributed by atoms with E-state index in [4.69, 9.17) is 0 Å². The summed E-state index contributed by atoms with van der Waals surface area (Å²) in [6.45, 7) is 4.21. The van der Waals surface area contributed by atoms with Gasteiger partial charge in [0.15, 0.2) is 5.78 Å². The summed E-state index contributed by atoms with van der Waals surface area (Å²) in [6, 6.07) is 17.9. The molecule has 1 aliphatic rings. The number of rotatable bonds is 5. The number of carbonyl (C=O) groups is 1. The van der Waals surface area contributed by atoms with Crippen LogP contribution in [0.3, 0.4) is 0 Å². The first-order valence-corrected chi connectivity index (χ1v) is 9.75. The van der Waals surface area contributed by atoms with Crippen LogP contribution in [0.1, 0.15) is 41.9 Å². The van der Waals surface area contributed by atoms with Crippen molar-refractivity contribution in [3.8, 4) is 0 Å². The number of fused-ring (bicyclic) bond motifs is 1. The van der Waals surface area contributed by atoms with Crippen molar-refractivity contribution in [3.05, 3.63) is 71.4 Å². The van der Waals surface area contributed by atoms with E-state index in [9.17, 15) is 4.79 Å². The van der Waals surface area contributed by atoms with Crippen LogP contribution in [-0.4, -0.2) is 15.8 Å². The van der Waals surface area contributed by atoms with Crippen molar-refractivity contribution in [2.24, 2.45) is 5.92 Å². The predicted octanol–water partition coefficient (Wildman–Crippen LogP) is 5.29. The van der Waals surface area contributed by atoms with Crippen molar-refractivity contribution in [2.45, 2.75) is 33.1 Å². The average Bonchev–Trinajstić information content (AvgIpc) is 2.68. The zero-order valence-corrected chi connectivity index (χ0v) is 16.2. The largest absolute Gasteiger partial charge is 0.339 e. The van der Waals surface area contributed by atoms with E-state index in [0.717, 1.165) is 29.9 Å². The highest BCUT2D eigenvalue weighted by atomic mass is 16.1. The number of benzene rings is 2. The monoisotopic (exact) mass is 372 g/mol. The first kappa shape index (κ1) is 18.2. The van der Waals surface area contributed by atoms with Crippen LogP contribution in [0.25, 0.3) is 0 Å². The molecular formula is C23H24N4O. The third kappa shape index (κ3) is 3.74. The van der Waals surface area contributed by atoms with Crippen LogP contribution in [0, 0.1) is 5.92 Å².